The van der Waals surface area contributed by atoms with Crippen LogP contribution < -0.4 is 9.47 Å². The van der Waals surface area contributed by atoms with Crippen molar-refractivity contribution in [3.8, 4) is 11.6 Å². The van der Waals surface area contributed by atoms with E-state index in [1.807, 2.05) is 30.6 Å². The third-order valence-corrected chi connectivity index (χ3v) is 6.32. The molecule has 2 aromatic heterocycles. The van der Waals surface area contributed by atoms with Crippen molar-refractivity contribution in [1.29, 1.82) is 0 Å². The zero-order chi connectivity index (χ0) is 22.7. The molecule has 3 fully saturated rings. The molecular formula is C24H26FN3O4. The van der Waals surface area contributed by atoms with E-state index in [0.29, 0.717) is 23.8 Å². The average molecular weight is 439 g/mol. The number of para-hydroxylation sites is 1. The van der Waals surface area contributed by atoms with E-state index in [1.165, 1.54) is 19.2 Å². The van der Waals surface area contributed by atoms with Gasteiger partial charge in [0.25, 0.3) is 0 Å². The molecule has 0 radical (unpaired) electrons. The van der Waals surface area contributed by atoms with Crippen LogP contribution in [0.3, 0.4) is 0 Å². The maximum Gasteiger partial charge on any atom is 0.237 e. The number of hydrogen-bond acceptors (Lipinski definition) is 6. The van der Waals surface area contributed by atoms with E-state index < -0.39 is 5.82 Å². The normalized spacial score (nSPS) is 24.1. The van der Waals surface area contributed by atoms with Crippen LogP contribution in [0.5, 0.6) is 11.6 Å². The van der Waals surface area contributed by atoms with Gasteiger partial charge in [-0.1, -0.05) is 6.07 Å². The Labute approximate surface area is 185 Å². The van der Waals surface area contributed by atoms with Crippen LogP contribution in [0.4, 0.5) is 4.39 Å². The fraction of sp³-hybridized carbons (Fsp3) is 0.458. The first-order valence-corrected chi connectivity index (χ1v) is 10.8. The number of carbonyl (C=O) groups excluding carboxylic acids is 1. The van der Waals surface area contributed by atoms with Crippen LogP contribution in [-0.2, 0) is 16.6 Å². The zero-order valence-corrected chi connectivity index (χ0v) is 18.6. The molecule has 2 aliphatic heterocycles. The lowest BCUT2D eigenvalue weighted by molar-refractivity contribution is 0.0154. The van der Waals surface area contributed by atoms with Crippen molar-refractivity contribution < 1.29 is 23.4 Å². The summed E-state index contributed by atoms with van der Waals surface area (Å²) in [7, 11) is 1.35. The molecule has 1 aromatic carbocycles. The minimum atomic E-state index is -0.574. The van der Waals surface area contributed by atoms with Gasteiger partial charge in [0, 0.05) is 29.8 Å². The Kier molecular flexibility index (Phi) is 4.74. The summed E-state index contributed by atoms with van der Waals surface area (Å²) < 4.78 is 32.9. The first-order valence-electron chi connectivity index (χ1n) is 10.8. The number of halogens is 1. The predicted molar refractivity (Wildman–Crippen MR) is 115 cm³/mol. The molecule has 3 aromatic rings. The second-order valence-corrected chi connectivity index (χ2v) is 9.36. The molecule has 32 heavy (non-hydrogen) atoms. The van der Waals surface area contributed by atoms with Gasteiger partial charge in [-0.25, -0.2) is 9.37 Å². The summed E-state index contributed by atoms with van der Waals surface area (Å²) >= 11 is 0. The number of imidazole rings is 1. The molecule has 1 saturated carbocycles. The van der Waals surface area contributed by atoms with Gasteiger partial charge >= 0.3 is 0 Å². The topological polar surface area (TPSA) is 75.0 Å². The van der Waals surface area contributed by atoms with E-state index in [4.69, 9.17) is 19.2 Å². The van der Waals surface area contributed by atoms with E-state index >= 15 is 0 Å². The Morgan fingerprint density at radius 2 is 2.06 bits per heavy atom. The van der Waals surface area contributed by atoms with E-state index in [9.17, 15) is 9.18 Å². The fourth-order valence-corrected chi connectivity index (χ4v) is 5.00. The predicted octanol–water partition coefficient (Wildman–Crippen LogP) is 3.91. The maximum absolute atomic E-state index is 14.1. The molecular weight excluding hydrogens is 413 g/mol. The van der Waals surface area contributed by atoms with Crippen molar-refractivity contribution in [2.24, 2.45) is 0 Å². The van der Waals surface area contributed by atoms with Crippen molar-refractivity contribution in [2.45, 2.75) is 57.2 Å². The highest BCUT2D eigenvalue weighted by molar-refractivity contribution is 6.00. The van der Waals surface area contributed by atoms with Crippen molar-refractivity contribution in [3.63, 3.8) is 0 Å². The maximum atomic E-state index is 14.1. The summed E-state index contributed by atoms with van der Waals surface area (Å²) in [6.45, 7) is 6.58. The quantitative estimate of drug-likeness (QED) is 0.520. The Bertz CT molecular complexity index is 1210. The van der Waals surface area contributed by atoms with Gasteiger partial charge < -0.3 is 14.2 Å². The van der Waals surface area contributed by atoms with Crippen LogP contribution in [0.1, 0.15) is 55.2 Å². The summed E-state index contributed by atoms with van der Waals surface area (Å²) in [5, 5.41) is 0. The van der Waals surface area contributed by atoms with E-state index in [2.05, 4.69) is 11.9 Å². The highest BCUT2D eigenvalue weighted by Gasteiger charge is 2.61. The Morgan fingerprint density at radius 1 is 1.28 bits per heavy atom. The van der Waals surface area contributed by atoms with Crippen LogP contribution in [0.25, 0.3) is 5.78 Å². The number of rotatable bonds is 7. The molecule has 2 bridgehead atoms. The molecule has 4 heterocycles. The fourth-order valence-electron chi connectivity index (χ4n) is 5.00. The molecule has 0 atom stereocenters. The number of benzene rings is 1. The van der Waals surface area contributed by atoms with Gasteiger partial charge in [-0.2, -0.15) is 4.98 Å². The van der Waals surface area contributed by atoms with Crippen molar-refractivity contribution in [1.82, 2.24) is 14.4 Å². The molecule has 6 rings (SSSR count). The van der Waals surface area contributed by atoms with Crippen LogP contribution in [0, 0.1) is 5.82 Å². The van der Waals surface area contributed by atoms with Crippen LogP contribution >= 0.6 is 0 Å². The van der Waals surface area contributed by atoms with Crippen molar-refractivity contribution in [3.05, 3.63) is 53.2 Å². The Morgan fingerprint density at radius 3 is 2.72 bits per heavy atom. The Hall–Kier alpha value is -3.00. The third kappa shape index (κ3) is 3.33. The van der Waals surface area contributed by atoms with E-state index in [-0.39, 0.29) is 40.6 Å². The van der Waals surface area contributed by atoms with Gasteiger partial charge in [-0.05, 0) is 45.7 Å². The number of hydrogen-bond donors (Lipinski definition) is 0. The van der Waals surface area contributed by atoms with E-state index in [0.717, 1.165) is 18.5 Å². The molecule has 2 saturated heterocycles. The molecule has 0 N–H and O–H groups in total. The summed E-state index contributed by atoms with van der Waals surface area (Å²) in [4.78, 5) is 22.4. The van der Waals surface area contributed by atoms with Gasteiger partial charge in [-0.15, -0.1) is 0 Å². The van der Waals surface area contributed by atoms with Crippen LogP contribution in [-0.4, -0.2) is 45.6 Å². The van der Waals surface area contributed by atoms with Gasteiger partial charge in [0.15, 0.2) is 17.3 Å². The summed E-state index contributed by atoms with van der Waals surface area (Å²) in [6.07, 6.45) is 5.54. The lowest BCUT2D eigenvalue weighted by Crippen LogP contribution is -2.45. The van der Waals surface area contributed by atoms with Crippen LogP contribution in [0.15, 0.2) is 30.6 Å². The standard InChI is InChI=1S/C24H26FN3O4/c1-14(2)32-21-15(8-18(29)16-6-5-7-17(25)20(16)30-4)9-28-10-19(26-22(28)27-21)24-11-23(3,12-24)31-13-24/h5-7,9-10,14H,8,11-13H2,1-4H3. The van der Waals surface area contributed by atoms with Gasteiger partial charge in [0.1, 0.15) is 0 Å². The lowest BCUT2D eigenvalue weighted by Gasteiger charge is -2.41. The third-order valence-electron chi connectivity index (χ3n) is 6.32. The molecule has 0 spiro atoms. The number of carbonyl (C=O) groups is 1. The molecule has 0 unspecified atom stereocenters. The first kappa shape index (κ1) is 20.9. The molecule has 8 heteroatoms. The number of Topliss-reactive ketones (excluding diaryl/α,β-unsaturated/α-hetero) is 1. The van der Waals surface area contributed by atoms with Crippen molar-refractivity contribution in [2.75, 3.05) is 13.7 Å². The zero-order valence-electron chi connectivity index (χ0n) is 18.6. The van der Waals surface area contributed by atoms with E-state index in [1.54, 1.807) is 6.07 Å². The number of ether oxygens (including phenoxy) is 3. The van der Waals surface area contributed by atoms with Crippen LogP contribution in [0.2, 0.25) is 0 Å². The molecule has 7 nitrogen and oxygen atoms in total. The monoisotopic (exact) mass is 439 g/mol. The smallest absolute Gasteiger partial charge is 0.237 e. The first-order chi connectivity index (χ1) is 15.2. The number of fused-ring (bicyclic) bond motifs is 2. The number of nitrogens with zero attached hydrogens (tertiary/aromatic N) is 3. The second-order valence-electron chi connectivity index (χ2n) is 9.36. The van der Waals surface area contributed by atoms with Gasteiger partial charge in [0.05, 0.1) is 36.7 Å². The lowest BCUT2D eigenvalue weighted by atomic mass is 9.62. The number of methoxy groups -OCH3 is 1. The SMILES string of the molecule is COc1c(F)cccc1C(=O)Cc1cn2cc(C34COC(C)(C3)C4)nc2nc1OC(C)C. The summed E-state index contributed by atoms with van der Waals surface area (Å²) in [5.41, 5.74) is 1.63. The molecule has 168 valence electrons. The average Bonchev–Trinajstić information content (AvgIpc) is 3.38. The summed E-state index contributed by atoms with van der Waals surface area (Å²) in [6, 6.07) is 4.32. The largest absolute Gasteiger partial charge is 0.493 e. The van der Waals surface area contributed by atoms with Gasteiger partial charge in [0.2, 0.25) is 11.7 Å². The molecule has 0 amide bonds. The van der Waals surface area contributed by atoms with Crippen molar-refractivity contribution >= 4 is 11.6 Å². The Balaban J connectivity index is 1.51. The minimum Gasteiger partial charge on any atom is -0.493 e. The van der Waals surface area contributed by atoms with Gasteiger partial charge in [-0.3, -0.25) is 9.20 Å². The summed E-state index contributed by atoms with van der Waals surface area (Å²) in [5.74, 6) is -0.0439. The number of ketones is 1. The number of aromatic nitrogens is 3. The minimum absolute atomic E-state index is 0.00928. The second kappa shape index (κ2) is 7.27. The molecule has 1 aliphatic carbocycles. The highest BCUT2D eigenvalue weighted by Crippen LogP contribution is 2.58. The molecule has 3 aliphatic rings. The highest BCUT2D eigenvalue weighted by atomic mass is 19.1.